The van der Waals surface area contributed by atoms with E-state index in [4.69, 9.17) is 19.3 Å². The van der Waals surface area contributed by atoms with E-state index in [0.29, 0.717) is 34.2 Å². The van der Waals surface area contributed by atoms with Crippen LogP contribution in [0, 0.1) is 10.1 Å². The van der Waals surface area contributed by atoms with Crippen molar-refractivity contribution in [3.63, 3.8) is 0 Å². The van der Waals surface area contributed by atoms with Gasteiger partial charge in [0.1, 0.15) is 34.2 Å². The lowest BCUT2D eigenvalue weighted by Crippen LogP contribution is -2.35. The molecule has 5 rings (SSSR count). The zero-order valence-corrected chi connectivity index (χ0v) is 24.0. The van der Waals surface area contributed by atoms with Crippen LogP contribution in [0.4, 0.5) is 34.1 Å². The minimum atomic E-state index is -0.463. The van der Waals surface area contributed by atoms with Crippen LogP contribution in [0.1, 0.15) is 44.7 Å². The molecule has 3 aromatic carbocycles. The second-order valence-corrected chi connectivity index (χ2v) is 11.0. The molecule has 41 heavy (non-hydrogen) atoms. The van der Waals surface area contributed by atoms with E-state index in [1.165, 1.54) is 48.2 Å². The lowest BCUT2D eigenvalue weighted by molar-refractivity contribution is -0.384. The van der Waals surface area contributed by atoms with Crippen molar-refractivity contribution in [2.75, 3.05) is 32.2 Å². The first kappa shape index (κ1) is 28.0. The molecule has 0 spiro atoms. The van der Waals surface area contributed by atoms with E-state index in [1.54, 1.807) is 19.2 Å². The Balaban J connectivity index is 1.51. The predicted octanol–water partition coefficient (Wildman–Crippen LogP) is 8.32. The topological polar surface area (TPSA) is 124 Å². The summed E-state index contributed by atoms with van der Waals surface area (Å²) in [6.45, 7) is 8.26. The van der Waals surface area contributed by atoms with Gasteiger partial charge in [-0.15, -0.1) is 15.3 Å². The number of hydrogen-bond donors (Lipinski definition) is 0. The fourth-order valence-corrected chi connectivity index (χ4v) is 5.19. The number of aryl methyl sites for hydroxylation is 1. The minimum Gasteiger partial charge on any atom is -0.494 e. The van der Waals surface area contributed by atoms with Gasteiger partial charge in [-0.3, -0.25) is 10.1 Å². The maximum absolute atomic E-state index is 10.9. The van der Waals surface area contributed by atoms with Crippen molar-refractivity contribution in [2.45, 2.75) is 52.1 Å². The Bertz CT molecular complexity index is 1510. The standard InChI is InChI=1S/C30H34N6O5/c1-30(2,3)41-29-22-9-7-15-35-14-6-8-19(28(22)35)16-25(29)34-33-24-18-26(39-4)23(17-27(24)40-5)32-31-20-10-12-21(13-11-20)36(37)38/h10-13,16-18H,6-9,14-15H2,1-5H3/b32-31+,34-33+. The van der Waals surface area contributed by atoms with Crippen LogP contribution in [0.15, 0.2) is 62.9 Å². The fraction of sp³-hybridized carbons (Fsp3) is 0.400. The number of benzene rings is 3. The van der Waals surface area contributed by atoms with E-state index in [0.717, 1.165) is 44.5 Å². The number of nitrogens with zero attached hydrogens (tertiary/aromatic N) is 6. The van der Waals surface area contributed by atoms with E-state index in [1.807, 2.05) is 20.8 Å². The third kappa shape index (κ3) is 6.13. The van der Waals surface area contributed by atoms with E-state index in [9.17, 15) is 10.1 Å². The number of hydrogen-bond acceptors (Lipinski definition) is 10. The highest BCUT2D eigenvalue weighted by molar-refractivity contribution is 5.75. The number of rotatable bonds is 8. The van der Waals surface area contributed by atoms with Crippen LogP contribution in [0.2, 0.25) is 0 Å². The van der Waals surface area contributed by atoms with Gasteiger partial charge in [0.05, 0.1) is 24.8 Å². The molecule has 0 saturated carbocycles. The van der Waals surface area contributed by atoms with Crippen LogP contribution >= 0.6 is 0 Å². The van der Waals surface area contributed by atoms with Gasteiger partial charge in [-0.2, -0.15) is 5.11 Å². The third-order valence-corrected chi connectivity index (χ3v) is 6.94. The lowest BCUT2D eigenvalue weighted by Gasteiger charge is -2.38. The van der Waals surface area contributed by atoms with Gasteiger partial charge in [-0.1, -0.05) is 0 Å². The molecule has 0 aliphatic carbocycles. The molecule has 0 aromatic heterocycles. The first-order valence-electron chi connectivity index (χ1n) is 13.6. The van der Waals surface area contributed by atoms with E-state index < -0.39 is 10.5 Å². The van der Waals surface area contributed by atoms with Crippen molar-refractivity contribution in [2.24, 2.45) is 20.5 Å². The molecule has 2 aliphatic rings. The maximum Gasteiger partial charge on any atom is 0.269 e. The average Bonchev–Trinajstić information content (AvgIpc) is 2.96. The summed E-state index contributed by atoms with van der Waals surface area (Å²) in [6.07, 6.45) is 4.14. The zero-order valence-electron chi connectivity index (χ0n) is 24.0. The van der Waals surface area contributed by atoms with E-state index >= 15 is 0 Å². The molecule has 0 unspecified atom stereocenters. The first-order valence-corrected chi connectivity index (χ1v) is 13.6. The number of nitro groups is 1. The smallest absolute Gasteiger partial charge is 0.269 e. The summed E-state index contributed by atoms with van der Waals surface area (Å²) in [4.78, 5) is 12.9. The second kappa shape index (κ2) is 11.5. The summed E-state index contributed by atoms with van der Waals surface area (Å²) in [7, 11) is 3.08. The van der Waals surface area contributed by atoms with Crippen LogP contribution in [0.25, 0.3) is 0 Å². The normalized spacial score (nSPS) is 14.8. The summed E-state index contributed by atoms with van der Waals surface area (Å²) < 4.78 is 17.7. The van der Waals surface area contributed by atoms with Crippen molar-refractivity contribution in [3.05, 3.63) is 63.7 Å². The van der Waals surface area contributed by atoms with Crippen molar-refractivity contribution >= 4 is 34.1 Å². The molecule has 2 heterocycles. The molecule has 2 aliphatic heterocycles. The molecule has 0 atom stereocenters. The molecule has 3 aromatic rings. The summed E-state index contributed by atoms with van der Waals surface area (Å²) in [5.41, 5.74) is 5.42. The van der Waals surface area contributed by atoms with Crippen molar-refractivity contribution in [1.29, 1.82) is 0 Å². The highest BCUT2D eigenvalue weighted by Gasteiger charge is 2.30. The van der Waals surface area contributed by atoms with Crippen LogP contribution < -0.4 is 19.1 Å². The summed E-state index contributed by atoms with van der Waals surface area (Å²) in [5.74, 6) is 1.65. The van der Waals surface area contributed by atoms with E-state index in [-0.39, 0.29) is 5.69 Å². The molecule has 11 heteroatoms. The highest BCUT2D eigenvalue weighted by atomic mass is 16.6. The summed E-state index contributed by atoms with van der Waals surface area (Å²) >= 11 is 0. The highest BCUT2D eigenvalue weighted by Crippen LogP contribution is 2.48. The van der Waals surface area contributed by atoms with Crippen molar-refractivity contribution in [3.8, 4) is 17.2 Å². The van der Waals surface area contributed by atoms with Crippen LogP contribution in [0.5, 0.6) is 17.2 Å². The van der Waals surface area contributed by atoms with Crippen LogP contribution in [0.3, 0.4) is 0 Å². The minimum absolute atomic E-state index is 0.0190. The Labute approximate surface area is 239 Å². The number of azo groups is 2. The molecule has 0 radical (unpaired) electrons. The van der Waals surface area contributed by atoms with Gasteiger partial charge in [-0.25, -0.2) is 0 Å². The largest absolute Gasteiger partial charge is 0.494 e. The number of ether oxygens (including phenoxy) is 3. The van der Waals surface area contributed by atoms with Gasteiger partial charge < -0.3 is 19.1 Å². The summed E-state index contributed by atoms with van der Waals surface area (Å²) in [5, 5.41) is 28.7. The van der Waals surface area contributed by atoms with Gasteiger partial charge in [0.2, 0.25) is 0 Å². The number of anilines is 1. The van der Waals surface area contributed by atoms with Gasteiger partial charge in [-0.05, 0) is 70.2 Å². The average molecular weight is 559 g/mol. The molecule has 0 saturated heterocycles. The first-order chi connectivity index (χ1) is 19.7. The third-order valence-electron chi connectivity index (χ3n) is 6.94. The molecule has 0 N–H and O–H groups in total. The monoisotopic (exact) mass is 558 g/mol. The number of methoxy groups -OCH3 is 2. The molecule has 0 fully saturated rings. The maximum atomic E-state index is 10.9. The summed E-state index contributed by atoms with van der Waals surface area (Å²) in [6, 6.07) is 11.3. The van der Waals surface area contributed by atoms with Crippen molar-refractivity contribution < 1.29 is 19.1 Å². The SMILES string of the molecule is COc1cc(/N=N/c2cc3c4c(c2OC(C)(C)C)CCCN4CCC3)c(OC)cc1/N=N/c1ccc([N+](=O)[O-])cc1. The molecule has 214 valence electrons. The Morgan fingerprint density at radius 3 is 2.00 bits per heavy atom. The van der Waals surface area contributed by atoms with Crippen LogP contribution in [-0.2, 0) is 12.8 Å². The van der Waals surface area contributed by atoms with Gasteiger partial charge >= 0.3 is 0 Å². The number of non-ortho nitro benzene ring substituents is 1. The Kier molecular flexibility index (Phi) is 7.87. The quantitative estimate of drug-likeness (QED) is 0.156. The van der Waals surface area contributed by atoms with E-state index in [2.05, 4.69) is 26.3 Å². The molecular formula is C30H34N6O5. The van der Waals surface area contributed by atoms with Gasteiger partial charge in [0.15, 0.2) is 5.75 Å². The number of nitro benzene ring substituents is 1. The Morgan fingerprint density at radius 2 is 1.41 bits per heavy atom. The molecular weight excluding hydrogens is 524 g/mol. The fourth-order valence-electron chi connectivity index (χ4n) is 5.19. The lowest BCUT2D eigenvalue weighted by atomic mass is 9.90. The van der Waals surface area contributed by atoms with Gasteiger partial charge in [0.25, 0.3) is 5.69 Å². The Morgan fingerprint density at radius 1 is 0.829 bits per heavy atom. The zero-order chi connectivity index (χ0) is 29.1. The predicted molar refractivity (Wildman–Crippen MR) is 157 cm³/mol. The van der Waals surface area contributed by atoms with Gasteiger partial charge in [0, 0.05) is 48.6 Å². The van der Waals surface area contributed by atoms with Crippen molar-refractivity contribution in [1.82, 2.24) is 0 Å². The second-order valence-electron chi connectivity index (χ2n) is 11.0. The van der Waals surface area contributed by atoms with Crippen LogP contribution in [-0.4, -0.2) is 37.8 Å². The molecule has 0 bridgehead atoms. The molecule has 11 nitrogen and oxygen atoms in total. The molecule has 0 amide bonds. The Hall–Kier alpha value is -4.54.